The van der Waals surface area contributed by atoms with Crippen molar-refractivity contribution in [2.45, 2.75) is 18.7 Å². The molecule has 5 rings (SSSR count). The van der Waals surface area contributed by atoms with E-state index in [2.05, 4.69) is 52.7 Å². The molecule has 4 nitrogen and oxygen atoms in total. The molecule has 0 bridgehead atoms. The van der Waals surface area contributed by atoms with E-state index in [-0.39, 0.29) is 11.2 Å². The molecule has 1 saturated heterocycles. The summed E-state index contributed by atoms with van der Waals surface area (Å²) in [5, 5.41) is 13.9. The molecule has 0 radical (unpaired) electrons. The highest BCUT2D eigenvalue weighted by atomic mass is 32.2. The van der Waals surface area contributed by atoms with Gasteiger partial charge in [-0.3, -0.25) is 9.69 Å². The molecule has 31 heavy (non-hydrogen) atoms. The number of amides is 1. The van der Waals surface area contributed by atoms with Crippen LogP contribution in [0, 0.1) is 0 Å². The molecule has 1 heterocycles. The summed E-state index contributed by atoms with van der Waals surface area (Å²) in [6.45, 7) is 2.40. The van der Waals surface area contributed by atoms with Crippen LogP contribution in [-0.4, -0.2) is 27.4 Å². The maximum absolute atomic E-state index is 12.8. The van der Waals surface area contributed by atoms with Gasteiger partial charge in [0.2, 0.25) is 5.91 Å². The Labute approximate surface area is 185 Å². The van der Waals surface area contributed by atoms with Crippen molar-refractivity contribution in [2.24, 2.45) is 10.2 Å². The third kappa shape index (κ3) is 3.84. The minimum absolute atomic E-state index is 0.0667. The van der Waals surface area contributed by atoms with Crippen LogP contribution in [0.15, 0.2) is 95.1 Å². The fraction of sp³-hybridized carbons (Fsp3) is 0.115. The van der Waals surface area contributed by atoms with E-state index < -0.39 is 0 Å². The van der Waals surface area contributed by atoms with E-state index in [4.69, 9.17) is 0 Å². The van der Waals surface area contributed by atoms with Crippen LogP contribution in [-0.2, 0) is 11.3 Å². The van der Waals surface area contributed by atoms with E-state index in [9.17, 15) is 4.79 Å². The second kappa shape index (κ2) is 8.36. The zero-order valence-corrected chi connectivity index (χ0v) is 17.9. The zero-order chi connectivity index (χ0) is 21.2. The molecule has 1 amide bonds. The van der Waals surface area contributed by atoms with E-state index in [1.807, 2.05) is 49.4 Å². The van der Waals surface area contributed by atoms with Gasteiger partial charge in [0.15, 0.2) is 5.17 Å². The molecule has 1 aliphatic heterocycles. The predicted molar refractivity (Wildman–Crippen MR) is 131 cm³/mol. The lowest BCUT2D eigenvalue weighted by Gasteiger charge is -2.17. The molecule has 0 N–H and O–H groups in total. The fourth-order valence-electron chi connectivity index (χ4n) is 3.91. The molecule has 1 aliphatic rings. The number of thioether (sulfide) groups is 1. The van der Waals surface area contributed by atoms with Crippen LogP contribution >= 0.6 is 11.8 Å². The summed E-state index contributed by atoms with van der Waals surface area (Å²) in [4.78, 5) is 14.6. The highest BCUT2D eigenvalue weighted by Gasteiger charge is 2.35. The summed E-state index contributed by atoms with van der Waals surface area (Å²) in [5.41, 5.74) is 2.11. The summed E-state index contributed by atoms with van der Waals surface area (Å²) in [7, 11) is 0. The first kappa shape index (κ1) is 19.5. The number of fused-ring (bicyclic) bond motifs is 2. The third-order valence-corrected chi connectivity index (χ3v) is 6.57. The molecule has 4 aromatic rings. The molecule has 4 aromatic carbocycles. The van der Waals surface area contributed by atoms with Gasteiger partial charge in [-0.25, -0.2) is 0 Å². The smallest absolute Gasteiger partial charge is 0.242 e. The standard InChI is InChI=1S/C26H21N3OS/c1-18-25(30)29(17-22-13-7-11-20-9-3-5-15-24(20)22)26(31-18)28-27-16-21-12-6-10-19-8-2-4-14-23(19)21/h2-16,18H,17H2,1H3/b27-16+,28-26-. The number of nitrogens with zero attached hydrogens (tertiary/aromatic N) is 3. The van der Waals surface area contributed by atoms with Crippen LogP contribution in [0.25, 0.3) is 21.5 Å². The Hall–Kier alpha value is -3.44. The average molecular weight is 424 g/mol. The summed E-state index contributed by atoms with van der Waals surface area (Å²) in [6, 6.07) is 28.7. The molecule has 0 spiro atoms. The Bertz CT molecular complexity index is 1330. The van der Waals surface area contributed by atoms with Gasteiger partial charge in [0, 0.05) is 5.56 Å². The minimum atomic E-state index is -0.165. The van der Waals surface area contributed by atoms with Crippen molar-refractivity contribution in [1.82, 2.24) is 4.90 Å². The van der Waals surface area contributed by atoms with Crippen LogP contribution in [0.1, 0.15) is 18.1 Å². The second-order valence-electron chi connectivity index (χ2n) is 7.52. The van der Waals surface area contributed by atoms with Crippen molar-refractivity contribution >= 4 is 50.6 Å². The van der Waals surface area contributed by atoms with Crippen molar-refractivity contribution in [3.63, 3.8) is 0 Å². The minimum Gasteiger partial charge on any atom is -0.284 e. The van der Waals surface area contributed by atoms with Gasteiger partial charge in [0.05, 0.1) is 18.0 Å². The van der Waals surface area contributed by atoms with E-state index >= 15 is 0 Å². The largest absolute Gasteiger partial charge is 0.284 e. The van der Waals surface area contributed by atoms with Gasteiger partial charge < -0.3 is 0 Å². The van der Waals surface area contributed by atoms with Crippen molar-refractivity contribution in [1.29, 1.82) is 0 Å². The number of rotatable bonds is 4. The Balaban J connectivity index is 1.45. The van der Waals surface area contributed by atoms with Crippen LogP contribution in [0.5, 0.6) is 0 Å². The summed E-state index contributed by atoms with van der Waals surface area (Å²) < 4.78 is 0. The number of carbonyl (C=O) groups excluding carboxylic acids is 1. The van der Waals surface area contributed by atoms with Crippen LogP contribution in [0.4, 0.5) is 0 Å². The van der Waals surface area contributed by atoms with E-state index in [0.717, 1.165) is 27.3 Å². The first-order valence-electron chi connectivity index (χ1n) is 10.2. The number of benzene rings is 4. The zero-order valence-electron chi connectivity index (χ0n) is 17.1. The molecule has 0 saturated carbocycles. The number of carbonyl (C=O) groups is 1. The van der Waals surface area contributed by atoms with Gasteiger partial charge in [-0.2, -0.15) is 5.10 Å². The van der Waals surface area contributed by atoms with E-state index in [0.29, 0.717) is 11.7 Å². The first-order valence-corrected chi connectivity index (χ1v) is 11.1. The predicted octanol–water partition coefficient (Wildman–Crippen LogP) is 5.85. The molecule has 1 unspecified atom stereocenters. The molecular formula is C26H21N3OS. The molecular weight excluding hydrogens is 402 g/mol. The molecule has 0 aromatic heterocycles. The second-order valence-corrected chi connectivity index (χ2v) is 8.83. The van der Waals surface area contributed by atoms with Gasteiger partial charge in [-0.1, -0.05) is 96.7 Å². The topological polar surface area (TPSA) is 45.0 Å². The lowest BCUT2D eigenvalue weighted by molar-refractivity contribution is -0.126. The summed E-state index contributed by atoms with van der Waals surface area (Å²) in [6.07, 6.45) is 1.76. The van der Waals surface area contributed by atoms with Crippen molar-refractivity contribution in [2.75, 3.05) is 0 Å². The fourth-order valence-corrected chi connectivity index (χ4v) is 4.83. The number of amidine groups is 1. The lowest BCUT2D eigenvalue weighted by atomic mass is 10.0. The van der Waals surface area contributed by atoms with E-state index in [1.165, 1.54) is 17.1 Å². The van der Waals surface area contributed by atoms with Crippen molar-refractivity contribution < 1.29 is 4.79 Å². The molecule has 152 valence electrons. The van der Waals surface area contributed by atoms with Gasteiger partial charge >= 0.3 is 0 Å². The van der Waals surface area contributed by atoms with Crippen LogP contribution in [0.2, 0.25) is 0 Å². The Morgan fingerprint density at radius 3 is 2.32 bits per heavy atom. The highest BCUT2D eigenvalue weighted by molar-refractivity contribution is 8.15. The maximum atomic E-state index is 12.8. The number of hydrogen-bond donors (Lipinski definition) is 0. The number of hydrogen-bond acceptors (Lipinski definition) is 4. The lowest BCUT2D eigenvalue weighted by Crippen LogP contribution is -2.30. The first-order chi connectivity index (χ1) is 15.2. The SMILES string of the molecule is CC1S/C(=N\N=C\c2cccc3ccccc23)N(Cc2cccc3ccccc23)C1=O. The van der Waals surface area contributed by atoms with Crippen molar-refractivity contribution in [3.8, 4) is 0 Å². The monoisotopic (exact) mass is 423 g/mol. The summed E-state index contributed by atoms with van der Waals surface area (Å²) >= 11 is 1.46. The Morgan fingerprint density at radius 1 is 0.871 bits per heavy atom. The van der Waals surface area contributed by atoms with Gasteiger partial charge in [-0.05, 0) is 34.0 Å². The van der Waals surface area contributed by atoms with Gasteiger partial charge in [-0.15, -0.1) is 5.10 Å². The molecule has 5 heteroatoms. The third-order valence-electron chi connectivity index (χ3n) is 5.50. The van der Waals surface area contributed by atoms with Crippen LogP contribution < -0.4 is 0 Å². The van der Waals surface area contributed by atoms with Crippen molar-refractivity contribution in [3.05, 3.63) is 96.1 Å². The molecule has 1 atom stereocenters. The average Bonchev–Trinajstić information content (AvgIpc) is 3.07. The molecule has 0 aliphatic carbocycles. The Kier molecular flexibility index (Phi) is 5.26. The quantitative estimate of drug-likeness (QED) is 0.305. The van der Waals surface area contributed by atoms with E-state index in [1.54, 1.807) is 11.1 Å². The summed E-state index contributed by atoms with van der Waals surface area (Å²) in [5.74, 6) is 0.0667. The molecule has 1 fully saturated rings. The van der Waals surface area contributed by atoms with Crippen LogP contribution in [0.3, 0.4) is 0 Å². The van der Waals surface area contributed by atoms with Gasteiger partial charge in [0.1, 0.15) is 0 Å². The van der Waals surface area contributed by atoms with Gasteiger partial charge in [0.25, 0.3) is 0 Å². The maximum Gasteiger partial charge on any atom is 0.242 e. The normalized spacial score (nSPS) is 18.1. The Morgan fingerprint density at radius 2 is 1.52 bits per heavy atom. The highest BCUT2D eigenvalue weighted by Crippen LogP contribution is 2.30.